The van der Waals surface area contributed by atoms with Crippen LogP contribution in [-0.4, -0.2) is 27.6 Å². The van der Waals surface area contributed by atoms with Gasteiger partial charge in [-0.3, -0.25) is 9.59 Å². The minimum absolute atomic E-state index is 0.0113. The molecule has 1 aliphatic carbocycles. The molecular formula is C25H27FN2O3. The average molecular weight is 423 g/mol. The van der Waals surface area contributed by atoms with Gasteiger partial charge in [0.05, 0.1) is 0 Å². The summed E-state index contributed by atoms with van der Waals surface area (Å²) in [6, 6.07) is 14.4. The number of amides is 1. The number of aromatic nitrogens is 1. The Kier molecular flexibility index (Phi) is 5.56. The summed E-state index contributed by atoms with van der Waals surface area (Å²) < 4.78 is 15.7. The van der Waals surface area contributed by atoms with Crippen molar-refractivity contribution in [3.63, 3.8) is 0 Å². The molecule has 1 atom stereocenters. The molecule has 1 aliphatic rings. The number of hydrogen-bond donors (Lipinski definition) is 2. The van der Waals surface area contributed by atoms with E-state index in [-0.39, 0.29) is 29.7 Å². The van der Waals surface area contributed by atoms with Crippen LogP contribution in [0.1, 0.15) is 43.5 Å². The summed E-state index contributed by atoms with van der Waals surface area (Å²) in [5, 5.41) is 13.2. The predicted octanol–water partition coefficient (Wildman–Crippen LogP) is 4.21. The molecule has 0 saturated carbocycles. The smallest absolute Gasteiger partial charge is 0.323 e. The van der Waals surface area contributed by atoms with Gasteiger partial charge < -0.3 is 15.0 Å². The van der Waals surface area contributed by atoms with E-state index in [1.165, 1.54) is 12.1 Å². The molecule has 0 radical (unpaired) electrons. The quantitative estimate of drug-likeness (QED) is 0.625. The number of aliphatic carboxylic acids is 1. The van der Waals surface area contributed by atoms with Gasteiger partial charge in [0.25, 0.3) is 0 Å². The first-order chi connectivity index (χ1) is 14.7. The Labute approximate surface area is 180 Å². The number of carbonyl (C=O) groups is 2. The molecule has 31 heavy (non-hydrogen) atoms. The number of benzene rings is 2. The number of nitrogens with one attached hydrogen (secondary N) is 1. The van der Waals surface area contributed by atoms with E-state index in [2.05, 4.69) is 19.2 Å². The van der Waals surface area contributed by atoms with Crippen molar-refractivity contribution in [1.82, 2.24) is 9.88 Å². The molecule has 0 spiro atoms. The van der Waals surface area contributed by atoms with Gasteiger partial charge >= 0.3 is 5.97 Å². The molecule has 1 aromatic heterocycles. The van der Waals surface area contributed by atoms with Gasteiger partial charge in [0.15, 0.2) is 0 Å². The van der Waals surface area contributed by atoms with Crippen molar-refractivity contribution in [3.05, 3.63) is 71.2 Å². The van der Waals surface area contributed by atoms with Crippen LogP contribution in [0.25, 0.3) is 10.9 Å². The fourth-order valence-corrected chi connectivity index (χ4v) is 4.73. The van der Waals surface area contributed by atoms with Crippen molar-refractivity contribution >= 4 is 22.8 Å². The number of carbonyl (C=O) groups excluding carboxylic acids is 1. The Bertz CT molecular complexity index is 1130. The lowest BCUT2D eigenvalue weighted by atomic mass is 9.81. The molecule has 0 unspecified atom stereocenters. The number of fused-ring (bicyclic) bond motifs is 3. The maximum absolute atomic E-state index is 13.9. The van der Waals surface area contributed by atoms with E-state index in [0.717, 1.165) is 34.1 Å². The number of hydrogen-bond acceptors (Lipinski definition) is 2. The van der Waals surface area contributed by atoms with Crippen molar-refractivity contribution in [1.29, 1.82) is 0 Å². The highest BCUT2D eigenvalue weighted by molar-refractivity contribution is 5.87. The van der Waals surface area contributed by atoms with Crippen LogP contribution >= 0.6 is 0 Å². The average Bonchev–Trinajstić information content (AvgIpc) is 3.00. The van der Waals surface area contributed by atoms with Gasteiger partial charge in [-0.1, -0.05) is 44.2 Å². The lowest BCUT2D eigenvalue weighted by molar-refractivity contribution is -0.137. The van der Waals surface area contributed by atoms with Crippen molar-refractivity contribution in [2.24, 2.45) is 0 Å². The highest BCUT2D eigenvalue weighted by Gasteiger charge is 2.29. The van der Waals surface area contributed by atoms with E-state index in [9.17, 15) is 19.1 Å². The van der Waals surface area contributed by atoms with E-state index in [1.807, 2.05) is 30.3 Å². The van der Waals surface area contributed by atoms with Gasteiger partial charge in [0, 0.05) is 29.1 Å². The zero-order chi connectivity index (χ0) is 22.2. The third kappa shape index (κ3) is 4.33. The van der Waals surface area contributed by atoms with Crippen molar-refractivity contribution in [3.8, 4) is 0 Å². The molecule has 1 heterocycles. The first-order valence-corrected chi connectivity index (χ1v) is 10.6. The Hall–Kier alpha value is -3.15. The van der Waals surface area contributed by atoms with Gasteiger partial charge in [-0.05, 0) is 54.0 Å². The van der Waals surface area contributed by atoms with Gasteiger partial charge in [-0.15, -0.1) is 0 Å². The topological polar surface area (TPSA) is 71.3 Å². The minimum atomic E-state index is -0.928. The Morgan fingerprint density at radius 3 is 2.65 bits per heavy atom. The first kappa shape index (κ1) is 21.1. The second kappa shape index (κ2) is 8.17. The fourth-order valence-electron chi connectivity index (χ4n) is 4.73. The van der Waals surface area contributed by atoms with Crippen LogP contribution in [0.2, 0.25) is 0 Å². The first-order valence-electron chi connectivity index (χ1n) is 10.6. The molecule has 0 bridgehead atoms. The van der Waals surface area contributed by atoms with Gasteiger partial charge in [-0.2, -0.15) is 0 Å². The van der Waals surface area contributed by atoms with Crippen LogP contribution < -0.4 is 5.32 Å². The Balaban J connectivity index is 1.54. The number of rotatable bonds is 6. The molecule has 0 aliphatic heterocycles. The van der Waals surface area contributed by atoms with Gasteiger partial charge in [0.1, 0.15) is 12.4 Å². The van der Waals surface area contributed by atoms with Gasteiger partial charge in [-0.25, -0.2) is 4.39 Å². The van der Waals surface area contributed by atoms with E-state index >= 15 is 0 Å². The molecule has 5 nitrogen and oxygen atoms in total. The molecule has 2 N–H and O–H groups in total. The van der Waals surface area contributed by atoms with E-state index in [0.29, 0.717) is 19.3 Å². The summed E-state index contributed by atoms with van der Waals surface area (Å²) in [6.07, 6.45) is 2.31. The van der Waals surface area contributed by atoms with Crippen molar-refractivity contribution in [2.45, 2.75) is 57.5 Å². The number of carboxylic acids is 1. The number of carboxylic acid groups (broad SMARTS) is 1. The fraction of sp³-hybridized carbons (Fsp3) is 0.360. The second-order valence-electron chi connectivity index (χ2n) is 9.00. The summed E-state index contributed by atoms with van der Waals surface area (Å²) >= 11 is 0. The molecule has 0 saturated heterocycles. The highest BCUT2D eigenvalue weighted by atomic mass is 19.1. The van der Waals surface area contributed by atoms with Crippen LogP contribution in [0.4, 0.5) is 4.39 Å². The van der Waals surface area contributed by atoms with Crippen LogP contribution in [0.3, 0.4) is 0 Å². The van der Waals surface area contributed by atoms with Crippen LogP contribution in [-0.2, 0) is 34.4 Å². The maximum atomic E-state index is 13.9. The van der Waals surface area contributed by atoms with E-state index in [4.69, 9.17) is 0 Å². The molecule has 0 fully saturated rings. The Morgan fingerprint density at radius 1 is 1.19 bits per heavy atom. The van der Waals surface area contributed by atoms with E-state index in [1.54, 1.807) is 10.6 Å². The van der Waals surface area contributed by atoms with Crippen LogP contribution in [0, 0.1) is 5.82 Å². The maximum Gasteiger partial charge on any atom is 0.323 e. The Morgan fingerprint density at radius 2 is 1.94 bits per heavy atom. The summed E-state index contributed by atoms with van der Waals surface area (Å²) in [7, 11) is 0. The summed E-state index contributed by atoms with van der Waals surface area (Å²) in [5.41, 5.74) is 3.42. The van der Waals surface area contributed by atoms with Crippen molar-refractivity contribution in [2.75, 3.05) is 0 Å². The summed E-state index contributed by atoms with van der Waals surface area (Å²) in [4.78, 5) is 24.2. The molecule has 4 rings (SSSR count). The number of halogens is 1. The third-order valence-electron chi connectivity index (χ3n) is 6.25. The largest absolute Gasteiger partial charge is 0.480 e. The molecule has 6 heteroatoms. The van der Waals surface area contributed by atoms with Gasteiger partial charge in [0.2, 0.25) is 5.91 Å². The molecule has 3 aromatic rings. The van der Waals surface area contributed by atoms with E-state index < -0.39 is 5.97 Å². The lowest BCUT2D eigenvalue weighted by Crippen LogP contribution is -2.41. The number of nitrogens with zero attached hydrogens (tertiary/aromatic N) is 1. The monoisotopic (exact) mass is 422 g/mol. The predicted molar refractivity (Wildman–Crippen MR) is 118 cm³/mol. The zero-order valence-corrected chi connectivity index (χ0v) is 17.8. The lowest BCUT2D eigenvalue weighted by Gasteiger charge is -2.28. The van der Waals surface area contributed by atoms with Crippen LogP contribution in [0.5, 0.6) is 0 Å². The molecule has 162 valence electrons. The standard InChI is InChI=1S/C25H27FN2O3/c1-25(2,16-6-4-3-5-7-16)14-23(29)27-18-9-11-22-20(13-18)19-12-17(26)8-10-21(19)28(22)15-24(30)31/h3-8,10,12,18H,9,11,13-15H2,1-2H3,(H,27,29)(H,30,31)/t18-/m0/s1. The highest BCUT2D eigenvalue weighted by Crippen LogP contribution is 2.33. The van der Waals surface area contributed by atoms with Crippen LogP contribution in [0.15, 0.2) is 48.5 Å². The zero-order valence-electron chi connectivity index (χ0n) is 17.8. The minimum Gasteiger partial charge on any atom is -0.480 e. The SMILES string of the molecule is CC(C)(CC(=O)N[C@H]1CCc2c(c3cc(F)ccc3n2CC(=O)O)C1)c1ccccc1. The molecule has 1 amide bonds. The molecular weight excluding hydrogens is 395 g/mol. The molecule has 2 aromatic carbocycles. The van der Waals surface area contributed by atoms with Crippen molar-refractivity contribution < 1.29 is 19.1 Å². The summed E-state index contributed by atoms with van der Waals surface area (Å²) in [6.45, 7) is 3.96. The second-order valence-corrected chi connectivity index (χ2v) is 9.00. The normalized spacial score (nSPS) is 16.2. The third-order valence-corrected chi connectivity index (χ3v) is 6.25. The summed E-state index contributed by atoms with van der Waals surface area (Å²) in [5.74, 6) is -1.29.